The zero-order valence-electron chi connectivity index (χ0n) is 21.4. The Labute approximate surface area is 206 Å². The number of H-pyrrole nitrogens is 1. The van der Waals surface area contributed by atoms with E-state index >= 15 is 0 Å². The summed E-state index contributed by atoms with van der Waals surface area (Å²) in [5, 5.41) is 11.5. The number of amides is 1. The van der Waals surface area contributed by atoms with Crippen LogP contribution in [0.4, 0.5) is 0 Å². The summed E-state index contributed by atoms with van der Waals surface area (Å²) >= 11 is 0. The van der Waals surface area contributed by atoms with Gasteiger partial charge in [0.25, 0.3) is 11.7 Å². The molecule has 2 N–H and O–H groups in total. The van der Waals surface area contributed by atoms with Crippen LogP contribution in [0, 0.1) is 20.8 Å². The molecule has 3 rings (SSSR count). The normalized spacial score (nSPS) is 17.5. The fraction of sp³-hybridized carbons (Fsp3) is 0.444. The lowest BCUT2D eigenvalue weighted by Gasteiger charge is -2.28. The molecular weight excluding hydrogens is 446 g/mol. The summed E-state index contributed by atoms with van der Waals surface area (Å²) < 4.78 is 5.11. The Morgan fingerprint density at radius 2 is 1.71 bits per heavy atom. The number of nitrogens with zero attached hydrogens (tertiary/aromatic N) is 2. The van der Waals surface area contributed by atoms with E-state index in [1.165, 1.54) is 0 Å². The van der Waals surface area contributed by atoms with Crippen LogP contribution in [0.5, 0.6) is 0 Å². The number of rotatable bonds is 9. The Balaban J connectivity index is 2.16. The van der Waals surface area contributed by atoms with Crippen molar-refractivity contribution in [3.63, 3.8) is 0 Å². The quantitative estimate of drug-likeness (QED) is 0.244. The summed E-state index contributed by atoms with van der Waals surface area (Å²) in [5.74, 6) is -2.20. The lowest BCUT2D eigenvalue weighted by atomic mass is 9.93. The summed E-state index contributed by atoms with van der Waals surface area (Å²) in [5.41, 5.74) is 3.35. The minimum absolute atomic E-state index is 0.0269. The molecule has 1 aromatic heterocycles. The molecule has 2 heterocycles. The molecule has 1 saturated heterocycles. The number of nitrogens with one attached hydrogen (secondary N) is 1. The van der Waals surface area contributed by atoms with E-state index in [9.17, 15) is 19.5 Å². The first kappa shape index (κ1) is 26.2. The van der Waals surface area contributed by atoms with Gasteiger partial charge in [0.15, 0.2) is 0 Å². The molecule has 188 valence electrons. The summed E-state index contributed by atoms with van der Waals surface area (Å²) in [6.45, 7) is 14.0. The zero-order valence-corrected chi connectivity index (χ0v) is 21.4. The van der Waals surface area contributed by atoms with Gasteiger partial charge in [0.1, 0.15) is 11.5 Å². The third-order valence-corrected chi connectivity index (χ3v) is 6.64. The van der Waals surface area contributed by atoms with E-state index in [-0.39, 0.29) is 23.6 Å². The molecule has 1 unspecified atom stereocenters. The average molecular weight is 482 g/mol. The Hall–Kier alpha value is -3.39. The van der Waals surface area contributed by atoms with Gasteiger partial charge < -0.3 is 24.6 Å². The molecule has 0 spiro atoms. The van der Waals surface area contributed by atoms with E-state index in [1.54, 1.807) is 25.7 Å². The van der Waals surface area contributed by atoms with Crippen LogP contribution in [-0.2, 0) is 14.3 Å². The molecule has 8 nitrogen and oxygen atoms in total. The van der Waals surface area contributed by atoms with Gasteiger partial charge in [-0.2, -0.15) is 0 Å². The van der Waals surface area contributed by atoms with Crippen molar-refractivity contribution in [2.45, 2.75) is 47.6 Å². The van der Waals surface area contributed by atoms with Crippen LogP contribution in [0.25, 0.3) is 5.76 Å². The first-order valence-corrected chi connectivity index (χ1v) is 12.1. The third kappa shape index (κ3) is 5.03. The number of carbonyl (C=O) groups is 3. The van der Waals surface area contributed by atoms with Crippen LogP contribution >= 0.6 is 0 Å². The SMILES string of the molecule is CCOC(=O)c1[nH]c(C)c(/C(O)=C2\C(=O)C(=O)N(CCN(CC)CC)C2c2ccc(C)cc2)c1C. The Morgan fingerprint density at radius 1 is 1.09 bits per heavy atom. The Kier molecular flexibility index (Phi) is 8.17. The monoisotopic (exact) mass is 481 g/mol. The van der Waals surface area contributed by atoms with Crippen molar-refractivity contribution in [3.8, 4) is 0 Å². The van der Waals surface area contributed by atoms with E-state index < -0.39 is 23.7 Å². The van der Waals surface area contributed by atoms with Crippen LogP contribution in [0.15, 0.2) is 29.8 Å². The Bertz CT molecular complexity index is 1140. The lowest BCUT2D eigenvalue weighted by Crippen LogP contribution is -2.38. The number of carbonyl (C=O) groups excluding carboxylic acids is 3. The molecule has 1 aromatic carbocycles. The van der Waals surface area contributed by atoms with Gasteiger partial charge in [0, 0.05) is 24.3 Å². The number of likely N-dealkylation sites (N-methyl/N-ethyl adjacent to an activating group) is 1. The number of ketones is 1. The molecule has 35 heavy (non-hydrogen) atoms. The third-order valence-electron chi connectivity index (χ3n) is 6.64. The number of aromatic nitrogens is 1. The van der Waals surface area contributed by atoms with E-state index in [2.05, 4.69) is 9.88 Å². The van der Waals surface area contributed by atoms with Gasteiger partial charge in [0.05, 0.1) is 18.2 Å². The van der Waals surface area contributed by atoms with E-state index in [0.717, 1.165) is 24.2 Å². The molecule has 0 saturated carbocycles. The number of aromatic amines is 1. The standard InChI is InChI=1S/C27H35N3O5/c1-7-29(8-2)14-15-30-23(19-12-10-16(4)11-13-19)21(25(32)26(30)33)24(31)20-17(5)22(28-18(20)6)27(34)35-9-3/h10-13,23,28,31H,7-9,14-15H2,1-6H3/b24-21+. The summed E-state index contributed by atoms with van der Waals surface area (Å²) in [6.07, 6.45) is 0. The highest BCUT2D eigenvalue weighted by atomic mass is 16.5. The molecule has 1 aliphatic heterocycles. The largest absolute Gasteiger partial charge is 0.507 e. The van der Waals surface area contributed by atoms with Crippen LogP contribution in [0.2, 0.25) is 0 Å². The van der Waals surface area contributed by atoms with Crippen molar-refractivity contribution < 1.29 is 24.2 Å². The predicted octanol–water partition coefficient (Wildman–Crippen LogP) is 3.88. The van der Waals surface area contributed by atoms with Gasteiger partial charge >= 0.3 is 5.97 Å². The van der Waals surface area contributed by atoms with E-state index in [4.69, 9.17) is 4.74 Å². The van der Waals surface area contributed by atoms with Crippen molar-refractivity contribution in [1.29, 1.82) is 0 Å². The van der Waals surface area contributed by atoms with Crippen LogP contribution in [0.3, 0.4) is 0 Å². The second-order valence-electron chi connectivity index (χ2n) is 8.78. The highest BCUT2D eigenvalue weighted by Gasteiger charge is 2.46. The molecule has 0 radical (unpaired) electrons. The molecule has 1 fully saturated rings. The van der Waals surface area contributed by atoms with Crippen molar-refractivity contribution in [1.82, 2.24) is 14.8 Å². The number of Topliss-reactive ketones (excluding diaryl/α,β-unsaturated/α-hetero) is 1. The highest BCUT2D eigenvalue weighted by Crippen LogP contribution is 2.40. The van der Waals surface area contributed by atoms with Gasteiger partial charge in [-0.05, 0) is 51.9 Å². The summed E-state index contributed by atoms with van der Waals surface area (Å²) in [4.78, 5) is 45.6. The number of ether oxygens (including phenoxy) is 1. The Morgan fingerprint density at radius 3 is 2.29 bits per heavy atom. The first-order chi connectivity index (χ1) is 16.7. The number of esters is 1. The number of aryl methyl sites for hydroxylation is 2. The van der Waals surface area contributed by atoms with Crippen molar-refractivity contribution >= 4 is 23.4 Å². The number of benzene rings is 1. The number of aliphatic hydroxyl groups is 1. The van der Waals surface area contributed by atoms with Crippen LogP contribution < -0.4 is 0 Å². The van der Waals surface area contributed by atoms with Crippen molar-refractivity contribution in [2.24, 2.45) is 0 Å². The lowest BCUT2D eigenvalue weighted by molar-refractivity contribution is -0.140. The van der Waals surface area contributed by atoms with Gasteiger partial charge in [-0.25, -0.2) is 4.79 Å². The topological polar surface area (TPSA) is 103 Å². The molecular formula is C27H35N3O5. The molecule has 2 aromatic rings. The van der Waals surface area contributed by atoms with Gasteiger partial charge in [-0.15, -0.1) is 0 Å². The molecule has 0 bridgehead atoms. The molecule has 0 aliphatic carbocycles. The fourth-order valence-electron chi connectivity index (χ4n) is 4.64. The smallest absolute Gasteiger partial charge is 0.355 e. The van der Waals surface area contributed by atoms with Crippen LogP contribution in [0.1, 0.15) is 65.2 Å². The fourth-order valence-corrected chi connectivity index (χ4v) is 4.64. The zero-order chi connectivity index (χ0) is 25.9. The number of likely N-dealkylation sites (tertiary alicyclic amines) is 1. The van der Waals surface area contributed by atoms with Crippen molar-refractivity contribution in [2.75, 3.05) is 32.8 Å². The summed E-state index contributed by atoms with van der Waals surface area (Å²) in [7, 11) is 0. The maximum Gasteiger partial charge on any atom is 0.355 e. The predicted molar refractivity (Wildman–Crippen MR) is 134 cm³/mol. The minimum atomic E-state index is -0.731. The minimum Gasteiger partial charge on any atom is -0.507 e. The molecule has 1 atom stereocenters. The average Bonchev–Trinajstić information content (AvgIpc) is 3.27. The maximum atomic E-state index is 13.3. The van der Waals surface area contributed by atoms with Gasteiger partial charge in [0.2, 0.25) is 0 Å². The highest BCUT2D eigenvalue weighted by molar-refractivity contribution is 6.46. The molecule has 1 aliphatic rings. The second kappa shape index (κ2) is 10.9. The van der Waals surface area contributed by atoms with Crippen LogP contribution in [-0.4, -0.2) is 70.3 Å². The number of hydrogen-bond acceptors (Lipinski definition) is 6. The van der Waals surface area contributed by atoms with Crippen molar-refractivity contribution in [3.05, 3.63) is 63.5 Å². The molecule has 8 heteroatoms. The first-order valence-electron chi connectivity index (χ1n) is 12.1. The number of hydrogen-bond donors (Lipinski definition) is 2. The summed E-state index contributed by atoms with van der Waals surface area (Å²) in [6, 6.07) is 6.87. The van der Waals surface area contributed by atoms with E-state index in [1.807, 2.05) is 45.0 Å². The van der Waals surface area contributed by atoms with Gasteiger partial charge in [-0.3, -0.25) is 9.59 Å². The molecule has 1 amide bonds. The number of aliphatic hydroxyl groups excluding tert-OH is 1. The van der Waals surface area contributed by atoms with Gasteiger partial charge in [-0.1, -0.05) is 43.7 Å². The maximum absolute atomic E-state index is 13.3. The second-order valence-corrected chi connectivity index (χ2v) is 8.78. The van der Waals surface area contributed by atoms with E-state index in [0.29, 0.717) is 29.9 Å².